The Morgan fingerprint density at radius 1 is 1.12 bits per heavy atom. The first-order valence-electron chi connectivity index (χ1n) is 8.54. The number of pyridine rings is 1. The number of anilines is 1. The van der Waals surface area contributed by atoms with E-state index in [0.29, 0.717) is 12.4 Å². The van der Waals surface area contributed by atoms with Gasteiger partial charge in [-0.2, -0.15) is 0 Å². The number of hydrogen-bond donors (Lipinski definition) is 0. The quantitative estimate of drug-likeness (QED) is 0.846. The van der Waals surface area contributed by atoms with Crippen LogP contribution in [0.2, 0.25) is 0 Å². The normalized spacial score (nSPS) is 17.0. The van der Waals surface area contributed by atoms with Crippen molar-refractivity contribution < 1.29 is 4.79 Å². The van der Waals surface area contributed by atoms with Crippen LogP contribution in [0.1, 0.15) is 31.0 Å². The van der Waals surface area contributed by atoms with Gasteiger partial charge in [0, 0.05) is 44.7 Å². The van der Waals surface area contributed by atoms with Crippen molar-refractivity contribution in [3.05, 3.63) is 35.7 Å². The average Bonchev–Trinajstić information content (AvgIpc) is 3.15. The molecule has 4 heterocycles. The standard InChI is InChI=1S/C18H21N5O/c1-13(24)23-11-7-15-14(12-23)18(22-9-4-5-10-22)21-17(20-15)16-6-2-3-8-19-16/h2-3,6,8H,4-5,7,9-12H2,1H3. The zero-order valence-electron chi connectivity index (χ0n) is 13.9. The molecule has 0 atom stereocenters. The minimum atomic E-state index is 0.113. The lowest BCUT2D eigenvalue weighted by molar-refractivity contribution is -0.129. The zero-order valence-corrected chi connectivity index (χ0v) is 13.9. The Bertz CT molecular complexity index is 756. The molecule has 0 bridgehead atoms. The van der Waals surface area contributed by atoms with Crippen molar-refractivity contribution in [3.63, 3.8) is 0 Å². The highest BCUT2D eigenvalue weighted by Gasteiger charge is 2.27. The molecule has 24 heavy (non-hydrogen) atoms. The van der Waals surface area contributed by atoms with Crippen LogP contribution in [0.4, 0.5) is 5.82 Å². The highest BCUT2D eigenvalue weighted by molar-refractivity contribution is 5.74. The summed E-state index contributed by atoms with van der Waals surface area (Å²) in [4.78, 5) is 30.0. The fourth-order valence-corrected chi connectivity index (χ4v) is 3.47. The molecule has 2 aromatic rings. The molecule has 0 unspecified atom stereocenters. The molecule has 0 aromatic carbocycles. The molecule has 0 N–H and O–H groups in total. The molecule has 124 valence electrons. The van der Waals surface area contributed by atoms with Gasteiger partial charge in [-0.05, 0) is 25.0 Å². The summed E-state index contributed by atoms with van der Waals surface area (Å²) in [5.74, 6) is 1.79. The molecule has 0 saturated carbocycles. The summed E-state index contributed by atoms with van der Waals surface area (Å²) < 4.78 is 0. The van der Waals surface area contributed by atoms with Gasteiger partial charge in [0.1, 0.15) is 11.5 Å². The Morgan fingerprint density at radius 3 is 2.67 bits per heavy atom. The lowest BCUT2D eigenvalue weighted by atomic mass is 10.1. The predicted molar refractivity (Wildman–Crippen MR) is 91.5 cm³/mol. The zero-order chi connectivity index (χ0) is 16.5. The molecule has 1 amide bonds. The summed E-state index contributed by atoms with van der Waals surface area (Å²) in [6, 6.07) is 5.80. The fourth-order valence-electron chi connectivity index (χ4n) is 3.47. The van der Waals surface area contributed by atoms with Gasteiger partial charge in [0.15, 0.2) is 5.82 Å². The van der Waals surface area contributed by atoms with Crippen LogP contribution < -0.4 is 4.90 Å². The molecule has 6 nitrogen and oxygen atoms in total. The Labute approximate surface area is 141 Å². The van der Waals surface area contributed by atoms with E-state index in [0.717, 1.165) is 48.8 Å². The third-order valence-electron chi connectivity index (χ3n) is 4.78. The number of nitrogens with zero attached hydrogens (tertiary/aromatic N) is 5. The number of aromatic nitrogens is 3. The van der Waals surface area contributed by atoms with E-state index >= 15 is 0 Å². The van der Waals surface area contributed by atoms with Gasteiger partial charge in [0.05, 0.1) is 12.2 Å². The van der Waals surface area contributed by atoms with E-state index in [1.54, 1.807) is 13.1 Å². The third kappa shape index (κ3) is 2.72. The predicted octanol–water partition coefficient (Wildman–Crippen LogP) is 2.04. The first-order chi connectivity index (χ1) is 11.7. The van der Waals surface area contributed by atoms with Gasteiger partial charge in [0.2, 0.25) is 5.91 Å². The number of rotatable bonds is 2. The van der Waals surface area contributed by atoms with Crippen molar-refractivity contribution >= 4 is 11.7 Å². The fraction of sp³-hybridized carbons (Fsp3) is 0.444. The topological polar surface area (TPSA) is 62.2 Å². The summed E-state index contributed by atoms with van der Waals surface area (Å²) in [6.07, 6.45) is 4.92. The number of hydrogen-bond acceptors (Lipinski definition) is 5. The Morgan fingerprint density at radius 2 is 1.96 bits per heavy atom. The number of amides is 1. The molecular weight excluding hydrogens is 302 g/mol. The van der Waals surface area contributed by atoms with Gasteiger partial charge < -0.3 is 9.80 Å². The molecule has 0 aliphatic carbocycles. The van der Waals surface area contributed by atoms with E-state index in [1.165, 1.54) is 12.8 Å². The monoisotopic (exact) mass is 323 g/mol. The molecule has 1 fully saturated rings. The molecule has 4 rings (SSSR count). The largest absolute Gasteiger partial charge is 0.356 e. The van der Waals surface area contributed by atoms with Crippen molar-refractivity contribution in [3.8, 4) is 11.5 Å². The molecule has 6 heteroatoms. The van der Waals surface area contributed by atoms with Crippen molar-refractivity contribution in [1.82, 2.24) is 19.9 Å². The van der Waals surface area contributed by atoms with Gasteiger partial charge in [-0.15, -0.1) is 0 Å². The van der Waals surface area contributed by atoms with Gasteiger partial charge in [-0.1, -0.05) is 6.07 Å². The first kappa shape index (κ1) is 15.1. The third-order valence-corrected chi connectivity index (χ3v) is 4.78. The Hall–Kier alpha value is -2.50. The summed E-state index contributed by atoms with van der Waals surface area (Å²) in [6.45, 7) is 5.00. The van der Waals surface area contributed by atoms with E-state index in [4.69, 9.17) is 9.97 Å². The van der Waals surface area contributed by atoms with E-state index < -0.39 is 0 Å². The van der Waals surface area contributed by atoms with Crippen LogP contribution in [0.5, 0.6) is 0 Å². The van der Waals surface area contributed by atoms with Crippen LogP contribution in [0.15, 0.2) is 24.4 Å². The van der Waals surface area contributed by atoms with Crippen molar-refractivity contribution in [2.75, 3.05) is 24.5 Å². The lowest BCUT2D eigenvalue weighted by Gasteiger charge is -2.31. The highest BCUT2D eigenvalue weighted by atomic mass is 16.2. The van der Waals surface area contributed by atoms with Crippen LogP contribution >= 0.6 is 0 Å². The maximum absolute atomic E-state index is 11.8. The summed E-state index contributed by atoms with van der Waals surface area (Å²) in [5, 5.41) is 0. The second-order valence-electron chi connectivity index (χ2n) is 6.40. The molecule has 2 aliphatic heterocycles. The molecule has 1 saturated heterocycles. The van der Waals surface area contributed by atoms with Crippen molar-refractivity contribution in [1.29, 1.82) is 0 Å². The molecule has 0 radical (unpaired) electrons. The van der Waals surface area contributed by atoms with Crippen LogP contribution in [-0.2, 0) is 17.8 Å². The number of carbonyl (C=O) groups is 1. The van der Waals surface area contributed by atoms with E-state index in [-0.39, 0.29) is 5.91 Å². The van der Waals surface area contributed by atoms with E-state index in [2.05, 4.69) is 9.88 Å². The van der Waals surface area contributed by atoms with Crippen LogP contribution in [0.25, 0.3) is 11.5 Å². The van der Waals surface area contributed by atoms with Gasteiger partial charge >= 0.3 is 0 Å². The summed E-state index contributed by atoms with van der Waals surface area (Å²) in [7, 11) is 0. The maximum Gasteiger partial charge on any atom is 0.219 e. The lowest BCUT2D eigenvalue weighted by Crippen LogP contribution is -2.36. The van der Waals surface area contributed by atoms with Crippen LogP contribution in [0, 0.1) is 0 Å². The Balaban J connectivity index is 1.80. The molecule has 0 spiro atoms. The first-order valence-corrected chi connectivity index (χ1v) is 8.54. The molecule has 2 aliphatic rings. The van der Waals surface area contributed by atoms with Gasteiger partial charge in [-0.25, -0.2) is 9.97 Å². The van der Waals surface area contributed by atoms with Crippen LogP contribution in [-0.4, -0.2) is 45.4 Å². The SMILES string of the molecule is CC(=O)N1CCc2nc(-c3ccccn3)nc(N3CCCC3)c2C1. The van der Waals surface area contributed by atoms with Gasteiger partial charge in [-0.3, -0.25) is 9.78 Å². The van der Waals surface area contributed by atoms with E-state index in [9.17, 15) is 4.79 Å². The van der Waals surface area contributed by atoms with Crippen molar-refractivity contribution in [2.24, 2.45) is 0 Å². The maximum atomic E-state index is 11.8. The van der Waals surface area contributed by atoms with Crippen LogP contribution in [0.3, 0.4) is 0 Å². The smallest absolute Gasteiger partial charge is 0.219 e. The summed E-state index contributed by atoms with van der Waals surface area (Å²) >= 11 is 0. The minimum absolute atomic E-state index is 0.113. The second-order valence-corrected chi connectivity index (χ2v) is 6.40. The second kappa shape index (κ2) is 6.19. The molecular formula is C18H21N5O. The Kier molecular flexibility index (Phi) is 3.88. The average molecular weight is 323 g/mol. The number of carbonyl (C=O) groups excluding carboxylic acids is 1. The molecule has 2 aromatic heterocycles. The van der Waals surface area contributed by atoms with Crippen molar-refractivity contribution in [2.45, 2.75) is 32.7 Å². The highest BCUT2D eigenvalue weighted by Crippen LogP contribution is 2.31. The van der Waals surface area contributed by atoms with E-state index in [1.807, 2.05) is 23.1 Å². The van der Waals surface area contributed by atoms with Gasteiger partial charge in [0.25, 0.3) is 0 Å². The summed E-state index contributed by atoms with van der Waals surface area (Å²) in [5.41, 5.74) is 2.97. The minimum Gasteiger partial charge on any atom is -0.356 e. The number of fused-ring (bicyclic) bond motifs is 1.